The Balaban J connectivity index is 1.54. The average molecular weight is 462 g/mol. The lowest BCUT2D eigenvalue weighted by Crippen LogP contribution is -2.41. The molecule has 2 amide bonds. The smallest absolute Gasteiger partial charge is 0.411 e. The van der Waals surface area contributed by atoms with Gasteiger partial charge in [0.2, 0.25) is 15.9 Å². The summed E-state index contributed by atoms with van der Waals surface area (Å²) in [6.45, 7) is 2.92. The number of piperidine rings is 1. The number of hydrogen-bond acceptors (Lipinski definition) is 6. The summed E-state index contributed by atoms with van der Waals surface area (Å²) < 4.78 is 37.1. The average Bonchev–Trinajstić information content (AvgIpc) is 2.81. The van der Waals surface area contributed by atoms with Gasteiger partial charge in [0.25, 0.3) is 0 Å². The minimum atomic E-state index is -3.62. The van der Waals surface area contributed by atoms with E-state index in [2.05, 4.69) is 15.4 Å². The first-order valence-electron chi connectivity index (χ1n) is 10.3. The molecule has 172 valence electrons. The quantitative estimate of drug-likeness (QED) is 0.654. The van der Waals surface area contributed by atoms with Gasteiger partial charge >= 0.3 is 6.09 Å². The van der Waals surface area contributed by atoms with E-state index >= 15 is 0 Å². The Hall–Kier alpha value is -3.11. The third kappa shape index (κ3) is 5.77. The summed E-state index contributed by atoms with van der Waals surface area (Å²) in [6.07, 6.45) is 0.294. The Labute approximate surface area is 187 Å². The Morgan fingerprint density at radius 2 is 1.53 bits per heavy atom. The van der Waals surface area contributed by atoms with Crippen LogP contribution in [0.1, 0.15) is 19.8 Å². The second-order valence-corrected chi connectivity index (χ2v) is 9.20. The fourth-order valence-corrected chi connectivity index (χ4v) is 4.90. The van der Waals surface area contributed by atoms with Crippen LogP contribution >= 0.6 is 0 Å². The van der Waals surface area contributed by atoms with Crippen molar-refractivity contribution in [1.29, 1.82) is 0 Å². The summed E-state index contributed by atoms with van der Waals surface area (Å²) in [5.41, 5.74) is 1.14. The maximum absolute atomic E-state index is 12.9. The zero-order valence-electron chi connectivity index (χ0n) is 18.0. The maximum atomic E-state index is 12.9. The van der Waals surface area contributed by atoms with Gasteiger partial charge in [0.15, 0.2) is 0 Å². The first-order chi connectivity index (χ1) is 15.3. The van der Waals surface area contributed by atoms with Crippen LogP contribution in [-0.2, 0) is 19.6 Å². The summed E-state index contributed by atoms with van der Waals surface area (Å²) in [5, 5.41) is 5.38. The molecule has 1 heterocycles. The van der Waals surface area contributed by atoms with E-state index < -0.39 is 16.1 Å². The number of benzene rings is 2. The molecule has 0 saturated carbocycles. The van der Waals surface area contributed by atoms with E-state index in [1.54, 1.807) is 36.4 Å². The largest absolute Gasteiger partial charge is 0.494 e. The predicted molar refractivity (Wildman–Crippen MR) is 120 cm³/mol. The van der Waals surface area contributed by atoms with Crippen molar-refractivity contribution in [1.82, 2.24) is 4.31 Å². The van der Waals surface area contributed by atoms with Crippen molar-refractivity contribution in [3.05, 3.63) is 48.5 Å². The van der Waals surface area contributed by atoms with Crippen molar-refractivity contribution < 1.29 is 27.5 Å². The van der Waals surface area contributed by atoms with Crippen LogP contribution in [-0.4, -0.2) is 51.5 Å². The number of anilines is 2. The highest BCUT2D eigenvalue weighted by Gasteiger charge is 2.32. The molecule has 1 aliphatic rings. The Morgan fingerprint density at radius 1 is 0.969 bits per heavy atom. The fourth-order valence-electron chi connectivity index (χ4n) is 3.43. The van der Waals surface area contributed by atoms with Gasteiger partial charge in [-0.25, -0.2) is 13.2 Å². The van der Waals surface area contributed by atoms with E-state index in [1.165, 1.54) is 23.5 Å². The van der Waals surface area contributed by atoms with Crippen LogP contribution in [0.4, 0.5) is 16.2 Å². The molecule has 0 aromatic heterocycles. The number of methoxy groups -OCH3 is 1. The first-order valence-corrected chi connectivity index (χ1v) is 11.8. The van der Waals surface area contributed by atoms with Gasteiger partial charge in [-0.2, -0.15) is 4.31 Å². The van der Waals surface area contributed by atoms with Crippen molar-refractivity contribution >= 4 is 33.4 Å². The minimum absolute atomic E-state index is 0.156. The van der Waals surface area contributed by atoms with Gasteiger partial charge in [0.05, 0.1) is 18.6 Å². The molecule has 0 radical (unpaired) electrons. The summed E-state index contributed by atoms with van der Waals surface area (Å²) >= 11 is 0. The highest BCUT2D eigenvalue weighted by Crippen LogP contribution is 2.26. The van der Waals surface area contributed by atoms with Crippen LogP contribution in [0.15, 0.2) is 53.4 Å². The number of carbonyl (C=O) groups excluding carboxylic acids is 2. The topological polar surface area (TPSA) is 114 Å². The van der Waals surface area contributed by atoms with Gasteiger partial charge in [-0.15, -0.1) is 0 Å². The van der Waals surface area contributed by atoms with Gasteiger partial charge in [-0.1, -0.05) is 0 Å². The van der Waals surface area contributed by atoms with Crippen molar-refractivity contribution in [2.24, 2.45) is 5.92 Å². The third-order valence-corrected chi connectivity index (χ3v) is 7.09. The van der Waals surface area contributed by atoms with E-state index in [-0.39, 0.29) is 29.8 Å². The van der Waals surface area contributed by atoms with E-state index in [0.29, 0.717) is 36.6 Å². The van der Waals surface area contributed by atoms with Crippen LogP contribution in [0.5, 0.6) is 5.75 Å². The number of nitrogens with one attached hydrogen (secondary N) is 2. The lowest BCUT2D eigenvalue weighted by Gasteiger charge is -2.30. The van der Waals surface area contributed by atoms with E-state index in [9.17, 15) is 18.0 Å². The van der Waals surface area contributed by atoms with Gasteiger partial charge in [-0.3, -0.25) is 10.1 Å². The van der Waals surface area contributed by atoms with Crippen molar-refractivity contribution in [2.75, 3.05) is 37.4 Å². The number of hydrogen-bond donors (Lipinski definition) is 2. The molecule has 0 unspecified atom stereocenters. The van der Waals surface area contributed by atoms with Crippen LogP contribution in [0.25, 0.3) is 0 Å². The SMILES string of the molecule is CCOc1ccc(S(=O)(=O)N2CCC(C(=O)Nc3ccc(NC(=O)OC)cc3)CC2)cc1. The lowest BCUT2D eigenvalue weighted by molar-refractivity contribution is -0.120. The molecule has 9 nitrogen and oxygen atoms in total. The molecule has 0 bridgehead atoms. The number of ether oxygens (including phenoxy) is 2. The monoisotopic (exact) mass is 461 g/mol. The van der Waals surface area contributed by atoms with Gasteiger partial charge in [0, 0.05) is 30.4 Å². The zero-order valence-corrected chi connectivity index (χ0v) is 18.9. The molecular formula is C22H27N3O6S. The van der Waals surface area contributed by atoms with Gasteiger partial charge in [-0.05, 0) is 68.3 Å². The number of rotatable bonds is 7. The molecule has 3 rings (SSSR count). The fraction of sp³-hybridized carbons (Fsp3) is 0.364. The highest BCUT2D eigenvalue weighted by atomic mass is 32.2. The third-order valence-electron chi connectivity index (χ3n) is 5.18. The highest BCUT2D eigenvalue weighted by molar-refractivity contribution is 7.89. The Kier molecular flexibility index (Phi) is 7.70. The van der Waals surface area contributed by atoms with Gasteiger partial charge < -0.3 is 14.8 Å². The molecule has 2 N–H and O–H groups in total. The van der Waals surface area contributed by atoms with E-state index in [4.69, 9.17) is 4.74 Å². The van der Waals surface area contributed by atoms with Crippen LogP contribution in [0.2, 0.25) is 0 Å². The van der Waals surface area contributed by atoms with Crippen molar-refractivity contribution in [2.45, 2.75) is 24.7 Å². The molecule has 0 atom stereocenters. The van der Waals surface area contributed by atoms with Crippen molar-refractivity contribution in [3.63, 3.8) is 0 Å². The molecule has 1 saturated heterocycles. The molecule has 0 aliphatic carbocycles. The molecule has 2 aromatic rings. The Morgan fingerprint density at radius 3 is 2.06 bits per heavy atom. The molecule has 1 fully saturated rings. The molecule has 1 aliphatic heterocycles. The molecular weight excluding hydrogens is 434 g/mol. The summed E-state index contributed by atoms with van der Waals surface area (Å²) in [6, 6.07) is 13.0. The van der Waals surface area contributed by atoms with Crippen LogP contribution in [0, 0.1) is 5.92 Å². The lowest BCUT2D eigenvalue weighted by atomic mass is 9.97. The van der Waals surface area contributed by atoms with Crippen molar-refractivity contribution in [3.8, 4) is 5.75 Å². The second kappa shape index (κ2) is 10.5. The van der Waals surface area contributed by atoms with E-state index in [1.807, 2.05) is 6.92 Å². The summed E-state index contributed by atoms with van der Waals surface area (Å²) in [4.78, 5) is 24.1. The van der Waals surface area contributed by atoms with Crippen LogP contribution in [0.3, 0.4) is 0 Å². The number of amides is 2. The summed E-state index contributed by atoms with van der Waals surface area (Å²) in [7, 11) is -2.34. The molecule has 32 heavy (non-hydrogen) atoms. The number of nitrogens with zero attached hydrogens (tertiary/aromatic N) is 1. The van der Waals surface area contributed by atoms with E-state index in [0.717, 1.165) is 0 Å². The maximum Gasteiger partial charge on any atom is 0.411 e. The molecule has 10 heteroatoms. The van der Waals surface area contributed by atoms with Crippen LogP contribution < -0.4 is 15.4 Å². The second-order valence-electron chi connectivity index (χ2n) is 7.27. The normalized spacial score (nSPS) is 15.1. The Bertz CT molecular complexity index is 1030. The number of sulfonamides is 1. The standard InChI is InChI=1S/C22H27N3O6S/c1-3-31-19-8-10-20(11-9-19)32(28,29)25-14-12-16(13-15-25)21(26)23-17-4-6-18(7-5-17)24-22(27)30-2/h4-11,16H,3,12-15H2,1-2H3,(H,23,26)(H,24,27). The first kappa shape index (κ1) is 23.6. The zero-order chi connectivity index (χ0) is 23.1. The van der Waals surface area contributed by atoms with Gasteiger partial charge in [0.1, 0.15) is 5.75 Å². The number of carbonyl (C=O) groups is 2. The summed E-state index contributed by atoms with van der Waals surface area (Å²) in [5.74, 6) is 0.183. The predicted octanol–water partition coefficient (Wildman–Crippen LogP) is 3.30. The molecule has 0 spiro atoms. The molecule has 2 aromatic carbocycles. The minimum Gasteiger partial charge on any atom is -0.494 e.